The van der Waals surface area contributed by atoms with Gasteiger partial charge in [-0.05, 0) is 43.0 Å². The summed E-state index contributed by atoms with van der Waals surface area (Å²) in [4.78, 5) is 14.9. The summed E-state index contributed by atoms with van der Waals surface area (Å²) in [7, 11) is 0. The molecule has 0 spiro atoms. The minimum atomic E-state index is -0.239. The van der Waals surface area contributed by atoms with E-state index in [9.17, 15) is 9.90 Å². The Labute approximate surface area is 131 Å². The Kier molecular flexibility index (Phi) is 4.14. The smallest absolute Gasteiger partial charge is 0.230 e. The second-order valence-corrected chi connectivity index (χ2v) is 5.92. The summed E-state index contributed by atoms with van der Waals surface area (Å²) < 4.78 is 0. The number of phenols is 1. The van der Waals surface area contributed by atoms with E-state index in [1.165, 1.54) is 5.56 Å². The van der Waals surface area contributed by atoms with Crippen molar-refractivity contribution in [3.63, 3.8) is 0 Å². The molecule has 2 aromatic rings. The van der Waals surface area contributed by atoms with Gasteiger partial charge in [-0.3, -0.25) is 4.79 Å². The van der Waals surface area contributed by atoms with Gasteiger partial charge in [0.1, 0.15) is 5.75 Å². The van der Waals surface area contributed by atoms with Crippen molar-refractivity contribution in [3.8, 4) is 5.75 Å². The highest BCUT2D eigenvalue weighted by Crippen LogP contribution is 2.34. The van der Waals surface area contributed by atoms with E-state index in [1.54, 1.807) is 18.2 Å². The van der Waals surface area contributed by atoms with Crippen LogP contribution in [0.5, 0.6) is 5.75 Å². The second-order valence-electron chi connectivity index (χ2n) is 5.92. The number of hydrogen-bond acceptors (Lipinski definition) is 2. The SMILES string of the molecule is CC(C(=O)N1CCCC1c1ccccc1)c1cccc(O)c1. The summed E-state index contributed by atoms with van der Waals surface area (Å²) in [5, 5.41) is 9.61. The molecule has 0 radical (unpaired) electrons. The molecule has 2 aromatic carbocycles. The molecule has 1 saturated heterocycles. The van der Waals surface area contributed by atoms with Gasteiger partial charge in [-0.1, -0.05) is 42.5 Å². The standard InChI is InChI=1S/C19H21NO2/c1-14(16-9-5-10-17(21)13-16)19(22)20-12-6-11-18(20)15-7-3-2-4-8-15/h2-5,7-10,13-14,18,21H,6,11-12H2,1H3. The Morgan fingerprint density at radius 3 is 2.68 bits per heavy atom. The van der Waals surface area contributed by atoms with Crippen LogP contribution in [0.15, 0.2) is 54.6 Å². The zero-order valence-electron chi connectivity index (χ0n) is 12.8. The molecule has 3 rings (SSSR count). The van der Waals surface area contributed by atoms with Crippen LogP contribution in [0.3, 0.4) is 0 Å². The lowest BCUT2D eigenvalue weighted by atomic mass is 9.98. The Hall–Kier alpha value is -2.29. The van der Waals surface area contributed by atoms with Crippen LogP contribution in [0.2, 0.25) is 0 Å². The molecular formula is C19H21NO2. The van der Waals surface area contributed by atoms with Crippen LogP contribution < -0.4 is 0 Å². The van der Waals surface area contributed by atoms with E-state index in [0.29, 0.717) is 0 Å². The largest absolute Gasteiger partial charge is 0.508 e. The topological polar surface area (TPSA) is 40.5 Å². The lowest BCUT2D eigenvalue weighted by Gasteiger charge is -2.28. The molecule has 0 aliphatic carbocycles. The van der Waals surface area contributed by atoms with Gasteiger partial charge >= 0.3 is 0 Å². The maximum absolute atomic E-state index is 12.9. The van der Waals surface area contributed by atoms with E-state index in [4.69, 9.17) is 0 Å². The zero-order valence-corrected chi connectivity index (χ0v) is 12.8. The molecule has 22 heavy (non-hydrogen) atoms. The number of amides is 1. The first-order valence-corrected chi connectivity index (χ1v) is 7.81. The maximum atomic E-state index is 12.9. The van der Waals surface area contributed by atoms with Crippen LogP contribution >= 0.6 is 0 Å². The first-order chi connectivity index (χ1) is 10.7. The third kappa shape index (κ3) is 2.84. The molecule has 2 unspecified atom stereocenters. The van der Waals surface area contributed by atoms with Crippen molar-refractivity contribution >= 4 is 5.91 Å². The Bertz CT molecular complexity index is 653. The van der Waals surface area contributed by atoms with Crippen molar-refractivity contribution in [3.05, 3.63) is 65.7 Å². The van der Waals surface area contributed by atoms with Crippen molar-refractivity contribution < 1.29 is 9.90 Å². The Balaban J connectivity index is 1.82. The highest BCUT2D eigenvalue weighted by Gasteiger charge is 2.32. The zero-order chi connectivity index (χ0) is 15.5. The molecule has 0 aromatic heterocycles. The summed E-state index contributed by atoms with van der Waals surface area (Å²) in [6.07, 6.45) is 2.06. The number of likely N-dealkylation sites (tertiary alicyclic amines) is 1. The van der Waals surface area contributed by atoms with Crippen molar-refractivity contribution in [2.24, 2.45) is 0 Å². The minimum Gasteiger partial charge on any atom is -0.508 e. The van der Waals surface area contributed by atoms with Gasteiger partial charge in [0.25, 0.3) is 0 Å². The van der Waals surface area contributed by atoms with Gasteiger partial charge in [0.15, 0.2) is 0 Å². The molecule has 1 fully saturated rings. The van der Waals surface area contributed by atoms with E-state index in [0.717, 1.165) is 24.9 Å². The molecule has 3 nitrogen and oxygen atoms in total. The van der Waals surface area contributed by atoms with Crippen LogP contribution in [0, 0.1) is 0 Å². The second kappa shape index (κ2) is 6.22. The van der Waals surface area contributed by atoms with Gasteiger partial charge < -0.3 is 10.0 Å². The molecule has 0 saturated carbocycles. The highest BCUT2D eigenvalue weighted by atomic mass is 16.3. The van der Waals surface area contributed by atoms with Crippen molar-refractivity contribution in [2.45, 2.75) is 31.7 Å². The van der Waals surface area contributed by atoms with Gasteiger partial charge in [0.2, 0.25) is 5.91 Å². The summed E-state index contributed by atoms with van der Waals surface area (Å²) in [6.45, 7) is 2.72. The average molecular weight is 295 g/mol. The minimum absolute atomic E-state index is 0.136. The molecule has 1 aliphatic heterocycles. The number of aromatic hydroxyl groups is 1. The van der Waals surface area contributed by atoms with Crippen molar-refractivity contribution in [1.82, 2.24) is 4.90 Å². The molecule has 3 heteroatoms. The summed E-state index contributed by atoms with van der Waals surface area (Å²) in [5.74, 6) is 0.103. The number of benzene rings is 2. The first-order valence-electron chi connectivity index (χ1n) is 7.81. The number of rotatable bonds is 3. The molecular weight excluding hydrogens is 274 g/mol. The molecule has 1 aliphatic rings. The van der Waals surface area contributed by atoms with Gasteiger partial charge in [0, 0.05) is 6.54 Å². The Morgan fingerprint density at radius 1 is 1.18 bits per heavy atom. The molecule has 1 N–H and O–H groups in total. The quantitative estimate of drug-likeness (QED) is 0.934. The van der Waals surface area contributed by atoms with Gasteiger partial charge in [-0.2, -0.15) is 0 Å². The normalized spacial score (nSPS) is 19.1. The fraction of sp³-hybridized carbons (Fsp3) is 0.316. The van der Waals surface area contributed by atoms with Crippen LogP contribution in [0.4, 0.5) is 0 Å². The van der Waals surface area contributed by atoms with Crippen LogP contribution in [0.25, 0.3) is 0 Å². The average Bonchev–Trinajstić information content (AvgIpc) is 3.04. The third-order valence-corrected chi connectivity index (χ3v) is 4.46. The van der Waals surface area contributed by atoms with E-state index >= 15 is 0 Å². The van der Waals surface area contributed by atoms with Crippen molar-refractivity contribution in [1.29, 1.82) is 0 Å². The van der Waals surface area contributed by atoms with Gasteiger partial charge in [-0.25, -0.2) is 0 Å². The predicted molar refractivity (Wildman–Crippen MR) is 86.7 cm³/mol. The fourth-order valence-corrected chi connectivity index (χ4v) is 3.24. The summed E-state index contributed by atoms with van der Waals surface area (Å²) in [5.41, 5.74) is 2.07. The molecule has 2 atom stereocenters. The lowest BCUT2D eigenvalue weighted by Crippen LogP contribution is -2.33. The summed E-state index contributed by atoms with van der Waals surface area (Å²) >= 11 is 0. The van der Waals surface area contributed by atoms with E-state index in [2.05, 4.69) is 12.1 Å². The lowest BCUT2D eigenvalue weighted by molar-refractivity contribution is -0.133. The van der Waals surface area contributed by atoms with Crippen LogP contribution in [0.1, 0.15) is 42.9 Å². The molecule has 1 amide bonds. The highest BCUT2D eigenvalue weighted by molar-refractivity contribution is 5.84. The number of hydrogen-bond donors (Lipinski definition) is 1. The van der Waals surface area contributed by atoms with Crippen LogP contribution in [-0.2, 0) is 4.79 Å². The monoisotopic (exact) mass is 295 g/mol. The van der Waals surface area contributed by atoms with Crippen molar-refractivity contribution in [2.75, 3.05) is 6.54 Å². The predicted octanol–water partition coefficient (Wildman–Crippen LogP) is 3.86. The van der Waals surface area contributed by atoms with Crippen LogP contribution in [-0.4, -0.2) is 22.5 Å². The third-order valence-electron chi connectivity index (χ3n) is 4.46. The summed E-state index contributed by atoms with van der Waals surface area (Å²) in [6, 6.07) is 17.4. The molecule has 1 heterocycles. The van der Waals surface area contributed by atoms with E-state index in [1.807, 2.05) is 36.1 Å². The fourth-order valence-electron chi connectivity index (χ4n) is 3.24. The number of nitrogens with zero attached hydrogens (tertiary/aromatic N) is 1. The van der Waals surface area contributed by atoms with Gasteiger partial charge in [0.05, 0.1) is 12.0 Å². The number of carbonyl (C=O) groups is 1. The van der Waals surface area contributed by atoms with Gasteiger partial charge in [-0.15, -0.1) is 0 Å². The Morgan fingerprint density at radius 2 is 1.95 bits per heavy atom. The van der Waals surface area contributed by atoms with E-state index in [-0.39, 0.29) is 23.6 Å². The number of phenolic OH excluding ortho intramolecular Hbond substituents is 1. The maximum Gasteiger partial charge on any atom is 0.230 e. The van der Waals surface area contributed by atoms with E-state index < -0.39 is 0 Å². The number of carbonyl (C=O) groups excluding carboxylic acids is 1. The molecule has 114 valence electrons. The first kappa shape index (κ1) is 14.6. The molecule has 0 bridgehead atoms.